The van der Waals surface area contributed by atoms with Crippen LogP contribution in [0.3, 0.4) is 0 Å². The van der Waals surface area contributed by atoms with E-state index in [-0.39, 0.29) is 11.7 Å². The highest BCUT2D eigenvalue weighted by atomic mass is 35.5. The van der Waals surface area contributed by atoms with Crippen LogP contribution in [-0.4, -0.2) is 26.3 Å². The molecule has 3 nitrogen and oxygen atoms in total. The lowest BCUT2D eigenvalue weighted by atomic mass is 10.3. The maximum Gasteiger partial charge on any atom is 0.233 e. The zero-order valence-electron chi connectivity index (χ0n) is 9.81. The van der Waals surface area contributed by atoms with Crippen LogP contribution in [0.15, 0.2) is 29.2 Å². The number of nitrogens with one attached hydrogen (secondary N) is 1. The van der Waals surface area contributed by atoms with E-state index in [1.807, 2.05) is 25.3 Å². The van der Waals surface area contributed by atoms with Gasteiger partial charge in [0.05, 0.1) is 5.75 Å². The minimum atomic E-state index is -3.31. The van der Waals surface area contributed by atoms with Crippen LogP contribution in [0.4, 0.5) is 5.69 Å². The highest BCUT2D eigenvalue weighted by Gasteiger charge is 2.14. The van der Waals surface area contributed by atoms with Gasteiger partial charge in [-0.2, -0.15) is 0 Å². The molecule has 0 fully saturated rings. The Hall–Kier alpha value is -0.390. The number of benzene rings is 1. The summed E-state index contributed by atoms with van der Waals surface area (Å²) < 4.78 is 26.0. The monoisotopic (exact) mass is 293 g/mol. The molecule has 1 aromatic carbocycles. The maximum atomic E-state index is 11.7. The van der Waals surface area contributed by atoms with Crippen molar-refractivity contribution in [1.29, 1.82) is 0 Å². The third-order valence-corrected chi connectivity index (χ3v) is 4.96. The number of halogens is 1. The van der Waals surface area contributed by atoms with Gasteiger partial charge in [-0.25, -0.2) is 8.42 Å². The van der Waals surface area contributed by atoms with Crippen molar-refractivity contribution in [2.45, 2.75) is 11.8 Å². The van der Waals surface area contributed by atoms with Gasteiger partial charge in [0, 0.05) is 16.5 Å². The minimum absolute atomic E-state index is 0.0424. The minimum Gasteiger partial charge on any atom is -0.284 e. The average Bonchev–Trinajstić information content (AvgIpc) is 2.28. The predicted molar refractivity (Wildman–Crippen MR) is 75.5 cm³/mol. The molecule has 96 valence electrons. The van der Waals surface area contributed by atoms with Crippen molar-refractivity contribution in [2.75, 3.05) is 22.6 Å². The van der Waals surface area contributed by atoms with E-state index in [2.05, 4.69) is 4.72 Å². The molecule has 0 bridgehead atoms. The van der Waals surface area contributed by atoms with Crippen LogP contribution in [-0.2, 0) is 10.0 Å². The van der Waals surface area contributed by atoms with Gasteiger partial charge in [-0.05, 0) is 36.4 Å². The van der Waals surface area contributed by atoms with Crippen molar-refractivity contribution in [3.8, 4) is 0 Å². The Morgan fingerprint density at radius 2 is 1.94 bits per heavy atom. The van der Waals surface area contributed by atoms with E-state index >= 15 is 0 Å². The van der Waals surface area contributed by atoms with Gasteiger partial charge in [0.2, 0.25) is 10.0 Å². The molecule has 0 amide bonds. The van der Waals surface area contributed by atoms with E-state index in [4.69, 9.17) is 11.6 Å². The van der Waals surface area contributed by atoms with E-state index in [9.17, 15) is 8.42 Å². The van der Waals surface area contributed by atoms with Crippen LogP contribution in [0.2, 0.25) is 0 Å². The molecule has 17 heavy (non-hydrogen) atoms. The zero-order valence-corrected chi connectivity index (χ0v) is 12.2. The van der Waals surface area contributed by atoms with Crippen LogP contribution in [0.1, 0.15) is 6.92 Å². The van der Waals surface area contributed by atoms with Crippen molar-refractivity contribution < 1.29 is 8.42 Å². The van der Waals surface area contributed by atoms with Crippen LogP contribution >= 0.6 is 23.4 Å². The van der Waals surface area contributed by atoms with Gasteiger partial charge < -0.3 is 0 Å². The van der Waals surface area contributed by atoms with Gasteiger partial charge in [-0.3, -0.25) is 4.72 Å². The van der Waals surface area contributed by atoms with Gasteiger partial charge in [-0.15, -0.1) is 23.4 Å². The molecule has 0 aliphatic rings. The molecule has 0 spiro atoms. The molecule has 1 rings (SSSR count). The fourth-order valence-corrected chi connectivity index (χ4v) is 3.39. The lowest BCUT2D eigenvalue weighted by Gasteiger charge is -2.11. The highest BCUT2D eigenvalue weighted by Crippen LogP contribution is 2.18. The molecule has 6 heteroatoms. The summed E-state index contributed by atoms with van der Waals surface area (Å²) in [5.74, 6) is 0.326. The van der Waals surface area contributed by atoms with E-state index < -0.39 is 10.0 Å². The summed E-state index contributed by atoms with van der Waals surface area (Å²) in [6.45, 7) is 1.81. The lowest BCUT2D eigenvalue weighted by molar-refractivity contribution is 0.588. The molecule has 0 heterocycles. The molecule has 0 aliphatic heterocycles. The number of rotatable bonds is 6. The summed E-state index contributed by atoms with van der Waals surface area (Å²) in [7, 11) is -3.31. The third kappa shape index (κ3) is 5.19. The van der Waals surface area contributed by atoms with Crippen molar-refractivity contribution in [3.05, 3.63) is 24.3 Å². The summed E-state index contributed by atoms with van der Waals surface area (Å²) >= 11 is 7.22. The summed E-state index contributed by atoms with van der Waals surface area (Å²) in [4.78, 5) is 1.10. The quantitative estimate of drug-likeness (QED) is 0.648. The van der Waals surface area contributed by atoms with Gasteiger partial charge in [0.1, 0.15) is 0 Å². The second-order valence-electron chi connectivity index (χ2n) is 3.87. The number of anilines is 1. The van der Waals surface area contributed by atoms with Gasteiger partial charge >= 0.3 is 0 Å². The van der Waals surface area contributed by atoms with E-state index in [1.165, 1.54) is 0 Å². The maximum absolute atomic E-state index is 11.7. The fraction of sp³-hybridized carbons (Fsp3) is 0.455. The van der Waals surface area contributed by atoms with Gasteiger partial charge in [0.15, 0.2) is 0 Å². The molecular formula is C11H16ClNO2S2. The number of hydrogen-bond acceptors (Lipinski definition) is 3. The Morgan fingerprint density at radius 3 is 2.41 bits per heavy atom. The van der Waals surface area contributed by atoms with Crippen LogP contribution in [0.5, 0.6) is 0 Å². The molecule has 0 saturated carbocycles. The summed E-state index contributed by atoms with van der Waals surface area (Å²) in [5, 5.41) is 0. The van der Waals surface area contributed by atoms with Crippen molar-refractivity contribution in [2.24, 2.45) is 5.92 Å². The lowest BCUT2D eigenvalue weighted by Crippen LogP contribution is -2.22. The molecule has 1 N–H and O–H groups in total. The van der Waals surface area contributed by atoms with Gasteiger partial charge in [0.25, 0.3) is 0 Å². The van der Waals surface area contributed by atoms with Crippen LogP contribution < -0.4 is 4.72 Å². The predicted octanol–water partition coefficient (Wildman–Crippen LogP) is 3.03. The van der Waals surface area contributed by atoms with Gasteiger partial charge in [-0.1, -0.05) is 6.92 Å². The largest absolute Gasteiger partial charge is 0.284 e. The van der Waals surface area contributed by atoms with Crippen molar-refractivity contribution >= 4 is 39.1 Å². The molecule has 0 saturated heterocycles. The summed E-state index contributed by atoms with van der Waals surface area (Å²) in [5.41, 5.74) is 0.588. The van der Waals surface area contributed by atoms with Crippen LogP contribution in [0.25, 0.3) is 0 Å². The fourth-order valence-electron chi connectivity index (χ4n) is 1.30. The Kier molecular flexibility index (Phi) is 5.62. The molecule has 0 radical (unpaired) electrons. The summed E-state index contributed by atoms with van der Waals surface area (Å²) in [6, 6.07) is 7.28. The molecule has 0 aliphatic carbocycles. The Morgan fingerprint density at radius 1 is 1.35 bits per heavy atom. The Balaban J connectivity index is 2.69. The molecule has 0 aromatic heterocycles. The normalized spacial score (nSPS) is 13.4. The number of thioether (sulfide) groups is 1. The molecular weight excluding hydrogens is 278 g/mol. The molecule has 1 atom stereocenters. The summed E-state index contributed by atoms with van der Waals surface area (Å²) in [6.07, 6.45) is 1.97. The highest BCUT2D eigenvalue weighted by molar-refractivity contribution is 7.98. The molecule has 1 unspecified atom stereocenters. The Labute approximate surface area is 112 Å². The Bertz CT molecular complexity index is 445. The first-order valence-corrected chi connectivity index (χ1v) is 8.58. The second kappa shape index (κ2) is 6.52. The first-order chi connectivity index (χ1) is 7.96. The second-order valence-corrected chi connectivity index (χ2v) is 6.83. The smallest absolute Gasteiger partial charge is 0.233 e. The number of hydrogen-bond donors (Lipinski definition) is 1. The van der Waals surface area contributed by atoms with E-state index in [1.54, 1.807) is 23.9 Å². The van der Waals surface area contributed by atoms with E-state index in [0.29, 0.717) is 11.6 Å². The molecule has 1 aromatic rings. The third-order valence-electron chi connectivity index (χ3n) is 2.13. The zero-order chi connectivity index (χ0) is 12.9. The SMILES string of the molecule is CSc1ccc(NS(=O)(=O)CC(C)CCl)cc1. The van der Waals surface area contributed by atoms with E-state index in [0.717, 1.165) is 4.90 Å². The van der Waals surface area contributed by atoms with Crippen molar-refractivity contribution in [1.82, 2.24) is 0 Å². The number of sulfonamides is 1. The topological polar surface area (TPSA) is 46.2 Å². The first-order valence-electron chi connectivity index (χ1n) is 5.17. The average molecular weight is 294 g/mol. The standard InChI is InChI=1S/C11H16ClNO2S2/c1-9(7-12)8-17(14,15)13-10-3-5-11(16-2)6-4-10/h3-6,9,13H,7-8H2,1-2H3. The van der Waals surface area contributed by atoms with Crippen LogP contribution in [0, 0.1) is 5.92 Å². The first kappa shape index (κ1) is 14.7. The number of alkyl halides is 1. The van der Waals surface area contributed by atoms with Crippen molar-refractivity contribution in [3.63, 3.8) is 0 Å².